The summed E-state index contributed by atoms with van der Waals surface area (Å²) in [5.41, 5.74) is 2.15. The molecule has 3 rings (SSSR count). The Kier molecular flexibility index (Phi) is 3.98. The number of aromatic nitrogens is 2. The van der Waals surface area contributed by atoms with Crippen molar-refractivity contribution >= 4 is 15.9 Å². The third-order valence-corrected chi connectivity index (χ3v) is 3.50. The van der Waals surface area contributed by atoms with E-state index in [1.54, 1.807) is 12.4 Å². The number of nitrogens with one attached hydrogen (secondary N) is 1. The van der Waals surface area contributed by atoms with E-state index < -0.39 is 0 Å². The third-order valence-electron chi connectivity index (χ3n) is 3.06. The van der Waals surface area contributed by atoms with Crippen molar-refractivity contribution in [2.45, 2.75) is 32.4 Å². The third kappa shape index (κ3) is 3.77. The van der Waals surface area contributed by atoms with Gasteiger partial charge in [0.15, 0.2) is 0 Å². The molecule has 0 bridgehead atoms. The van der Waals surface area contributed by atoms with Crippen LogP contribution in [0.1, 0.15) is 24.1 Å². The predicted molar refractivity (Wildman–Crippen MR) is 80.8 cm³/mol. The first kappa shape index (κ1) is 13.5. The van der Waals surface area contributed by atoms with Gasteiger partial charge in [-0.25, -0.2) is 4.98 Å². The first-order chi connectivity index (χ1) is 9.69. The lowest BCUT2D eigenvalue weighted by Gasteiger charge is -2.09. The molecule has 0 radical (unpaired) electrons. The second-order valence-electron chi connectivity index (χ2n) is 5.05. The van der Waals surface area contributed by atoms with Gasteiger partial charge in [0.25, 0.3) is 0 Å². The second kappa shape index (κ2) is 5.89. The van der Waals surface area contributed by atoms with Crippen molar-refractivity contribution in [3.05, 3.63) is 46.3 Å². The van der Waals surface area contributed by atoms with Crippen LogP contribution in [-0.2, 0) is 6.54 Å². The molecule has 104 valence electrons. The maximum atomic E-state index is 5.77. The minimum absolute atomic E-state index is 0.609. The number of hydrogen-bond donors (Lipinski definition) is 1. The summed E-state index contributed by atoms with van der Waals surface area (Å²) in [5.74, 6) is 1.29. The Morgan fingerprint density at radius 2 is 2.15 bits per heavy atom. The molecular formula is C15H16BrN3O. The van der Waals surface area contributed by atoms with Crippen LogP contribution in [0.15, 0.2) is 35.1 Å². The van der Waals surface area contributed by atoms with E-state index in [-0.39, 0.29) is 0 Å². The van der Waals surface area contributed by atoms with Crippen molar-refractivity contribution < 1.29 is 4.74 Å². The molecular weight excluding hydrogens is 318 g/mol. The van der Waals surface area contributed by atoms with Crippen LogP contribution >= 0.6 is 15.9 Å². The molecule has 5 heteroatoms. The van der Waals surface area contributed by atoms with E-state index in [0.29, 0.717) is 17.7 Å². The van der Waals surface area contributed by atoms with Crippen LogP contribution in [0.2, 0.25) is 0 Å². The van der Waals surface area contributed by atoms with Gasteiger partial charge in [0.2, 0.25) is 5.88 Å². The summed E-state index contributed by atoms with van der Waals surface area (Å²) in [7, 11) is 0. The number of hydrogen-bond acceptors (Lipinski definition) is 4. The summed E-state index contributed by atoms with van der Waals surface area (Å²) in [5, 5.41) is 3.50. The highest BCUT2D eigenvalue weighted by Gasteiger charge is 2.20. The summed E-state index contributed by atoms with van der Waals surface area (Å²) in [6, 6.07) is 6.63. The highest BCUT2D eigenvalue weighted by atomic mass is 79.9. The molecule has 1 fully saturated rings. The van der Waals surface area contributed by atoms with E-state index in [2.05, 4.69) is 37.3 Å². The van der Waals surface area contributed by atoms with Gasteiger partial charge in [-0.1, -0.05) is 0 Å². The molecule has 0 spiro atoms. The second-order valence-corrected chi connectivity index (χ2v) is 5.97. The van der Waals surface area contributed by atoms with Crippen LogP contribution in [0.4, 0.5) is 0 Å². The van der Waals surface area contributed by atoms with Gasteiger partial charge >= 0.3 is 0 Å². The van der Waals surface area contributed by atoms with Gasteiger partial charge in [0.05, 0.1) is 6.20 Å². The molecule has 1 aliphatic carbocycles. The van der Waals surface area contributed by atoms with Crippen LogP contribution in [0.5, 0.6) is 11.6 Å². The minimum atomic E-state index is 0.609. The molecule has 2 heterocycles. The summed E-state index contributed by atoms with van der Waals surface area (Å²) in [4.78, 5) is 8.49. The molecule has 2 aromatic rings. The molecule has 2 aromatic heterocycles. The molecule has 4 nitrogen and oxygen atoms in total. The molecule has 20 heavy (non-hydrogen) atoms. The van der Waals surface area contributed by atoms with E-state index in [9.17, 15) is 0 Å². The zero-order valence-electron chi connectivity index (χ0n) is 11.3. The highest BCUT2D eigenvalue weighted by Crippen LogP contribution is 2.24. The van der Waals surface area contributed by atoms with Crippen molar-refractivity contribution in [1.82, 2.24) is 15.3 Å². The smallest absolute Gasteiger partial charge is 0.219 e. The van der Waals surface area contributed by atoms with E-state index in [1.165, 1.54) is 18.4 Å². The average molecular weight is 334 g/mol. The molecule has 0 aliphatic heterocycles. The van der Waals surface area contributed by atoms with Gasteiger partial charge in [0.1, 0.15) is 5.75 Å². The van der Waals surface area contributed by atoms with Gasteiger partial charge < -0.3 is 10.1 Å². The first-order valence-corrected chi connectivity index (χ1v) is 7.48. The highest BCUT2D eigenvalue weighted by molar-refractivity contribution is 9.10. The quantitative estimate of drug-likeness (QED) is 0.908. The van der Waals surface area contributed by atoms with Crippen molar-refractivity contribution in [1.29, 1.82) is 0 Å². The fourth-order valence-electron chi connectivity index (χ4n) is 1.98. The summed E-state index contributed by atoms with van der Waals surface area (Å²) in [6.07, 6.45) is 5.98. The fraction of sp³-hybridized carbons (Fsp3) is 0.333. The number of ether oxygens (including phenoxy) is 1. The largest absolute Gasteiger partial charge is 0.437 e. The normalized spacial score (nSPS) is 14.3. The van der Waals surface area contributed by atoms with Crippen LogP contribution in [0, 0.1) is 6.92 Å². The van der Waals surface area contributed by atoms with Crippen molar-refractivity contribution in [2.75, 3.05) is 0 Å². The Hall–Kier alpha value is -1.46. The number of pyridine rings is 2. The molecule has 1 N–H and O–H groups in total. The van der Waals surface area contributed by atoms with Gasteiger partial charge in [-0.05, 0) is 53.4 Å². The first-order valence-electron chi connectivity index (χ1n) is 6.68. The predicted octanol–water partition coefficient (Wildman–Crippen LogP) is 3.59. The topological polar surface area (TPSA) is 47.0 Å². The van der Waals surface area contributed by atoms with Gasteiger partial charge in [-0.15, -0.1) is 0 Å². The minimum Gasteiger partial charge on any atom is -0.437 e. The number of aryl methyl sites for hydroxylation is 1. The maximum absolute atomic E-state index is 5.77. The average Bonchev–Trinajstić information content (AvgIpc) is 3.20. The Morgan fingerprint density at radius 3 is 2.90 bits per heavy atom. The standard InChI is InChI=1S/C15H16BrN3O/c1-10-4-11(7-18-13-2-3-13)5-15(19-10)20-14-6-12(16)8-17-9-14/h4-6,8-9,13,18H,2-3,7H2,1H3. The monoisotopic (exact) mass is 333 g/mol. The fourth-order valence-corrected chi connectivity index (χ4v) is 2.32. The summed E-state index contributed by atoms with van der Waals surface area (Å²) >= 11 is 3.38. The van der Waals surface area contributed by atoms with Crippen LogP contribution in [-0.4, -0.2) is 16.0 Å². The van der Waals surface area contributed by atoms with Crippen molar-refractivity contribution in [3.8, 4) is 11.6 Å². The molecule has 0 amide bonds. The van der Waals surface area contributed by atoms with Crippen LogP contribution < -0.4 is 10.1 Å². The molecule has 0 atom stereocenters. The van der Waals surface area contributed by atoms with Crippen LogP contribution in [0.25, 0.3) is 0 Å². The summed E-state index contributed by atoms with van der Waals surface area (Å²) < 4.78 is 6.66. The lowest BCUT2D eigenvalue weighted by atomic mass is 10.2. The lowest BCUT2D eigenvalue weighted by molar-refractivity contribution is 0.458. The van der Waals surface area contributed by atoms with Crippen molar-refractivity contribution in [3.63, 3.8) is 0 Å². The Labute approximate surface area is 126 Å². The lowest BCUT2D eigenvalue weighted by Crippen LogP contribution is -2.15. The van der Waals surface area contributed by atoms with Gasteiger partial charge in [0, 0.05) is 35.0 Å². The molecule has 0 saturated heterocycles. The Bertz CT molecular complexity index is 614. The van der Waals surface area contributed by atoms with E-state index in [4.69, 9.17) is 4.74 Å². The van der Waals surface area contributed by atoms with E-state index in [0.717, 1.165) is 16.7 Å². The zero-order chi connectivity index (χ0) is 13.9. The summed E-state index contributed by atoms with van der Waals surface area (Å²) in [6.45, 7) is 2.84. The van der Waals surface area contributed by atoms with E-state index >= 15 is 0 Å². The molecule has 0 unspecified atom stereocenters. The Morgan fingerprint density at radius 1 is 1.30 bits per heavy atom. The molecule has 1 aliphatic rings. The van der Waals surface area contributed by atoms with Gasteiger partial charge in [-0.3, -0.25) is 4.98 Å². The number of rotatable bonds is 5. The van der Waals surface area contributed by atoms with Gasteiger partial charge in [-0.2, -0.15) is 0 Å². The number of nitrogens with zero attached hydrogens (tertiary/aromatic N) is 2. The Balaban J connectivity index is 1.74. The van der Waals surface area contributed by atoms with E-state index in [1.807, 2.05) is 19.1 Å². The molecule has 1 saturated carbocycles. The molecule has 0 aromatic carbocycles. The number of halogens is 1. The van der Waals surface area contributed by atoms with Crippen LogP contribution in [0.3, 0.4) is 0 Å². The van der Waals surface area contributed by atoms with Crippen molar-refractivity contribution in [2.24, 2.45) is 0 Å². The zero-order valence-corrected chi connectivity index (χ0v) is 12.9. The maximum Gasteiger partial charge on any atom is 0.219 e. The SMILES string of the molecule is Cc1cc(CNC2CC2)cc(Oc2cncc(Br)c2)n1.